The van der Waals surface area contributed by atoms with Crippen LogP contribution < -0.4 is 0 Å². The summed E-state index contributed by atoms with van der Waals surface area (Å²) in [5, 5.41) is 8.58. The lowest BCUT2D eigenvalue weighted by molar-refractivity contribution is -0.140. The van der Waals surface area contributed by atoms with Crippen molar-refractivity contribution in [3.63, 3.8) is 0 Å². The minimum Gasteiger partial charge on any atom is -0.481 e. The molecule has 72 valence electrons. The Morgan fingerprint density at radius 2 is 2.15 bits per heavy atom. The smallest absolute Gasteiger partial charge is 0.304 e. The van der Waals surface area contributed by atoms with Gasteiger partial charge in [0.15, 0.2) is 0 Å². The second-order valence-electron chi connectivity index (χ2n) is 3.35. The van der Waals surface area contributed by atoms with E-state index in [-0.39, 0.29) is 18.1 Å². The van der Waals surface area contributed by atoms with Crippen molar-refractivity contribution in [2.24, 2.45) is 5.92 Å². The molecule has 0 radical (unpaired) electrons. The van der Waals surface area contributed by atoms with Crippen molar-refractivity contribution < 1.29 is 14.7 Å². The first-order valence-corrected chi connectivity index (χ1v) is 4.59. The summed E-state index contributed by atoms with van der Waals surface area (Å²) in [5.41, 5.74) is 0. The molecule has 0 saturated heterocycles. The topological polar surface area (TPSA) is 54.4 Å². The molecular weight excluding hydrogens is 168 g/mol. The molecule has 1 rings (SSSR count). The highest BCUT2D eigenvalue weighted by Gasteiger charge is 2.20. The zero-order valence-corrected chi connectivity index (χ0v) is 7.53. The van der Waals surface area contributed by atoms with Crippen LogP contribution in [0.5, 0.6) is 0 Å². The molecule has 0 amide bonds. The second-order valence-corrected chi connectivity index (χ2v) is 3.35. The fraction of sp³-hybridized carbons (Fsp3) is 0.600. The first kappa shape index (κ1) is 9.96. The first-order chi connectivity index (χ1) is 6.20. The molecule has 0 aromatic heterocycles. The minimum atomic E-state index is -0.872. The van der Waals surface area contributed by atoms with Gasteiger partial charge in [0, 0.05) is 12.3 Å². The number of carbonyl (C=O) groups is 2. The van der Waals surface area contributed by atoms with Crippen LogP contribution in [-0.4, -0.2) is 16.9 Å². The highest BCUT2D eigenvalue weighted by Crippen LogP contribution is 2.18. The molecule has 3 heteroatoms. The van der Waals surface area contributed by atoms with Crippen molar-refractivity contribution in [3.8, 4) is 0 Å². The Labute approximate surface area is 77.4 Å². The fourth-order valence-electron chi connectivity index (χ4n) is 1.55. The molecule has 13 heavy (non-hydrogen) atoms. The number of carbonyl (C=O) groups excluding carboxylic acids is 1. The molecule has 0 saturated carbocycles. The van der Waals surface area contributed by atoms with Crippen LogP contribution in [0.15, 0.2) is 12.2 Å². The van der Waals surface area contributed by atoms with Crippen molar-refractivity contribution in [2.75, 3.05) is 0 Å². The van der Waals surface area contributed by atoms with Crippen LogP contribution in [0.4, 0.5) is 0 Å². The number of allylic oxidation sites excluding steroid dienone is 2. The summed E-state index contributed by atoms with van der Waals surface area (Å²) in [7, 11) is 0. The van der Waals surface area contributed by atoms with Crippen LogP contribution in [0.25, 0.3) is 0 Å². The van der Waals surface area contributed by atoms with Gasteiger partial charge < -0.3 is 5.11 Å². The summed E-state index contributed by atoms with van der Waals surface area (Å²) in [5.74, 6) is -1.03. The van der Waals surface area contributed by atoms with E-state index in [0.717, 1.165) is 12.8 Å². The quantitative estimate of drug-likeness (QED) is 0.662. The molecule has 1 atom stereocenters. The van der Waals surface area contributed by atoms with E-state index in [2.05, 4.69) is 0 Å². The Morgan fingerprint density at radius 3 is 2.85 bits per heavy atom. The van der Waals surface area contributed by atoms with Crippen molar-refractivity contribution in [3.05, 3.63) is 12.2 Å². The summed E-state index contributed by atoms with van der Waals surface area (Å²) in [4.78, 5) is 21.8. The van der Waals surface area contributed by atoms with E-state index in [4.69, 9.17) is 5.11 Å². The lowest BCUT2D eigenvalue weighted by atomic mass is 9.90. The maximum Gasteiger partial charge on any atom is 0.304 e. The predicted octanol–water partition coefficient (Wildman–Crippen LogP) is 1.78. The van der Waals surface area contributed by atoms with Crippen LogP contribution >= 0.6 is 0 Å². The summed E-state index contributed by atoms with van der Waals surface area (Å²) in [6, 6.07) is 0. The third-order valence-electron chi connectivity index (χ3n) is 2.28. The van der Waals surface area contributed by atoms with Crippen molar-refractivity contribution in [1.29, 1.82) is 0 Å². The van der Waals surface area contributed by atoms with Gasteiger partial charge in [-0.3, -0.25) is 9.59 Å². The monoisotopic (exact) mass is 182 g/mol. The van der Waals surface area contributed by atoms with E-state index in [0.29, 0.717) is 12.8 Å². The predicted molar refractivity (Wildman–Crippen MR) is 48.4 cm³/mol. The SMILES string of the molecule is O=C(O)CC1CC/C=C/CCC1=O. The molecular formula is C10H14O3. The van der Waals surface area contributed by atoms with Crippen molar-refractivity contribution in [1.82, 2.24) is 0 Å². The zero-order valence-electron chi connectivity index (χ0n) is 7.53. The highest BCUT2D eigenvalue weighted by atomic mass is 16.4. The van der Waals surface area contributed by atoms with Gasteiger partial charge in [-0.05, 0) is 19.3 Å². The van der Waals surface area contributed by atoms with E-state index in [1.54, 1.807) is 0 Å². The summed E-state index contributed by atoms with van der Waals surface area (Å²) < 4.78 is 0. The Morgan fingerprint density at radius 1 is 1.46 bits per heavy atom. The molecule has 0 fully saturated rings. The first-order valence-electron chi connectivity index (χ1n) is 4.59. The summed E-state index contributed by atoms with van der Waals surface area (Å²) >= 11 is 0. The lowest BCUT2D eigenvalue weighted by Gasteiger charge is -2.13. The highest BCUT2D eigenvalue weighted by molar-refractivity contribution is 5.85. The number of carboxylic acids is 1. The number of ketones is 1. The van der Waals surface area contributed by atoms with Gasteiger partial charge >= 0.3 is 5.97 Å². The number of aliphatic carboxylic acids is 1. The van der Waals surface area contributed by atoms with E-state index in [1.807, 2.05) is 12.2 Å². The van der Waals surface area contributed by atoms with Crippen LogP contribution in [0, 0.1) is 5.92 Å². The number of Topliss-reactive ketones (excluding diaryl/α,β-unsaturated/α-hetero) is 1. The van der Waals surface area contributed by atoms with Crippen LogP contribution in [0.2, 0.25) is 0 Å². The Hall–Kier alpha value is -1.12. The largest absolute Gasteiger partial charge is 0.481 e. The van der Waals surface area contributed by atoms with Gasteiger partial charge in [0.1, 0.15) is 5.78 Å². The van der Waals surface area contributed by atoms with E-state index < -0.39 is 5.97 Å². The van der Waals surface area contributed by atoms with Crippen LogP contribution in [0.1, 0.15) is 32.1 Å². The molecule has 0 aliphatic heterocycles. The molecule has 1 aliphatic rings. The molecule has 1 aliphatic carbocycles. The molecule has 0 bridgehead atoms. The van der Waals surface area contributed by atoms with Gasteiger partial charge in [-0.25, -0.2) is 0 Å². The van der Waals surface area contributed by atoms with Gasteiger partial charge in [-0.2, -0.15) is 0 Å². The lowest BCUT2D eigenvalue weighted by Crippen LogP contribution is -2.18. The van der Waals surface area contributed by atoms with Crippen LogP contribution in [-0.2, 0) is 9.59 Å². The number of carboxylic acid groups (broad SMARTS) is 1. The van der Waals surface area contributed by atoms with E-state index in [1.165, 1.54) is 0 Å². The maximum atomic E-state index is 11.4. The Kier molecular flexibility index (Phi) is 3.68. The maximum absolute atomic E-state index is 11.4. The van der Waals surface area contributed by atoms with Crippen molar-refractivity contribution >= 4 is 11.8 Å². The molecule has 0 heterocycles. The molecule has 1 unspecified atom stereocenters. The van der Waals surface area contributed by atoms with Crippen LogP contribution in [0.3, 0.4) is 0 Å². The van der Waals surface area contributed by atoms with Gasteiger partial charge in [0.05, 0.1) is 6.42 Å². The average molecular weight is 182 g/mol. The van der Waals surface area contributed by atoms with Gasteiger partial charge in [-0.1, -0.05) is 12.2 Å². The summed E-state index contributed by atoms with van der Waals surface area (Å²) in [6.07, 6.45) is 6.78. The molecule has 0 aromatic carbocycles. The number of hydrogen-bond acceptors (Lipinski definition) is 2. The molecule has 0 aromatic rings. The molecule has 3 nitrogen and oxygen atoms in total. The minimum absolute atomic E-state index is 0.00727. The Bertz CT molecular complexity index is 230. The number of hydrogen-bond donors (Lipinski definition) is 1. The standard InChI is InChI=1S/C10H14O3/c11-9-6-4-2-1-3-5-8(9)7-10(12)13/h1-2,8H,3-7H2,(H,12,13)/b2-1+. The third-order valence-corrected chi connectivity index (χ3v) is 2.28. The van der Waals surface area contributed by atoms with Gasteiger partial charge in [-0.15, -0.1) is 0 Å². The second kappa shape index (κ2) is 4.80. The normalized spacial score (nSPS) is 26.2. The van der Waals surface area contributed by atoms with E-state index in [9.17, 15) is 9.59 Å². The zero-order chi connectivity index (χ0) is 9.68. The number of rotatable bonds is 2. The third kappa shape index (κ3) is 3.40. The van der Waals surface area contributed by atoms with Crippen molar-refractivity contribution in [2.45, 2.75) is 32.1 Å². The summed E-state index contributed by atoms with van der Waals surface area (Å²) in [6.45, 7) is 0. The Balaban J connectivity index is 2.54. The van der Waals surface area contributed by atoms with E-state index >= 15 is 0 Å². The molecule has 0 spiro atoms. The van der Waals surface area contributed by atoms with Gasteiger partial charge in [0.2, 0.25) is 0 Å². The molecule has 1 N–H and O–H groups in total. The fourth-order valence-corrected chi connectivity index (χ4v) is 1.55. The average Bonchev–Trinajstić information content (AvgIpc) is 2.04. The van der Waals surface area contributed by atoms with Gasteiger partial charge in [0.25, 0.3) is 0 Å².